The van der Waals surface area contributed by atoms with E-state index in [0.717, 1.165) is 17.8 Å². The predicted molar refractivity (Wildman–Crippen MR) is 169 cm³/mol. The topological polar surface area (TPSA) is 0 Å². The van der Waals surface area contributed by atoms with Crippen molar-refractivity contribution in [1.82, 2.24) is 0 Å². The molecule has 3 heteroatoms. The molecule has 8 rings (SSSR count). The van der Waals surface area contributed by atoms with Crippen LogP contribution in [0.25, 0.3) is 11.1 Å². The molecule has 0 N–H and O–H groups in total. The van der Waals surface area contributed by atoms with E-state index in [9.17, 15) is 0 Å². The molecule has 4 saturated carbocycles. The number of hydrogen-bond donors (Lipinski definition) is 0. The van der Waals surface area contributed by atoms with Crippen LogP contribution in [-0.4, -0.2) is 3.21 Å². The van der Waals surface area contributed by atoms with Gasteiger partial charge in [-0.15, -0.1) is 0 Å². The molecule has 4 bridgehead atoms. The van der Waals surface area contributed by atoms with E-state index in [1.165, 1.54) is 67.2 Å². The molecular weight excluding hydrogens is 631 g/mol. The van der Waals surface area contributed by atoms with Crippen molar-refractivity contribution < 1.29 is 46.1 Å². The quantitative estimate of drug-likeness (QED) is 0.444. The summed E-state index contributed by atoms with van der Waals surface area (Å²) in [5.74, 6) is 3.01. The Kier molecular flexibility index (Phi) is 8.74. The van der Waals surface area contributed by atoms with E-state index in [-0.39, 0.29) is 35.6 Å². The molecule has 224 valence electrons. The molecule has 0 aliphatic heterocycles. The Morgan fingerprint density at radius 2 is 1.17 bits per heavy atom. The Morgan fingerprint density at radius 3 is 1.57 bits per heavy atom. The van der Waals surface area contributed by atoms with Crippen molar-refractivity contribution in [3.8, 4) is 11.1 Å². The molecule has 4 fully saturated rings. The van der Waals surface area contributed by atoms with Crippen LogP contribution in [0.2, 0.25) is 0 Å². The van der Waals surface area contributed by atoms with E-state index in [1.807, 2.05) is 8.85 Å². The van der Waals surface area contributed by atoms with Gasteiger partial charge in [0.15, 0.2) is 0 Å². The fourth-order valence-corrected chi connectivity index (χ4v) is 18.8. The van der Waals surface area contributed by atoms with Gasteiger partial charge in [0.05, 0.1) is 0 Å². The first kappa shape index (κ1) is 32.6. The zero-order valence-corrected chi connectivity index (χ0v) is 31.1. The van der Waals surface area contributed by atoms with Crippen LogP contribution in [0.4, 0.5) is 0 Å². The summed E-state index contributed by atoms with van der Waals surface area (Å²) in [6, 6.07) is 15.1. The summed E-state index contributed by atoms with van der Waals surface area (Å²) in [4.78, 5) is 0. The SMILES string of the molecule is C[C](C)=[Zr+2]([C]1=C(C23CC4CC(CC(C4)C2)C3)C=CC1)[CH]1c2cc(C(C)(C)C)ccc2-c2ccc(C(C)(C)C)cc21.[Cl-].[Cl-]. The van der Waals surface area contributed by atoms with Gasteiger partial charge in [-0.3, -0.25) is 0 Å². The number of halogens is 2. The summed E-state index contributed by atoms with van der Waals surface area (Å²) in [6.07, 6.45) is 15.5. The molecule has 0 radical (unpaired) electrons. The number of allylic oxidation sites excluding steroid dienone is 4. The molecule has 2 aromatic carbocycles. The average molecular weight is 681 g/mol. The van der Waals surface area contributed by atoms with Gasteiger partial charge in [0.2, 0.25) is 0 Å². The van der Waals surface area contributed by atoms with Gasteiger partial charge in [0.1, 0.15) is 0 Å². The molecule has 42 heavy (non-hydrogen) atoms. The van der Waals surface area contributed by atoms with Crippen LogP contribution in [-0.2, 0) is 32.1 Å². The summed E-state index contributed by atoms with van der Waals surface area (Å²) in [5.41, 5.74) is 12.1. The Balaban J connectivity index is 0.00000176. The number of hydrogen-bond acceptors (Lipinski definition) is 0. The maximum Gasteiger partial charge on any atom is -1.00 e. The van der Waals surface area contributed by atoms with Gasteiger partial charge in [-0.05, 0) is 0 Å². The Hall–Kier alpha value is -0.747. The first-order valence-electron chi connectivity index (χ1n) is 16.2. The van der Waals surface area contributed by atoms with Crippen LogP contribution in [0, 0.1) is 23.2 Å². The molecule has 0 heterocycles. The molecule has 0 atom stereocenters. The van der Waals surface area contributed by atoms with E-state index in [0.29, 0.717) is 9.04 Å². The molecule has 6 aliphatic carbocycles. The van der Waals surface area contributed by atoms with E-state index in [1.54, 1.807) is 14.3 Å². The summed E-state index contributed by atoms with van der Waals surface area (Å²) in [6.45, 7) is 19.4. The third-order valence-corrected chi connectivity index (χ3v) is 19.8. The van der Waals surface area contributed by atoms with Crippen molar-refractivity contribution in [2.45, 2.75) is 115 Å². The van der Waals surface area contributed by atoms with Crippen LogP contribution in [0.3, 0.4) is 0 Å². The van der Waals surface area contributed by atoms with Crippen molar-refractivity contribution in [2.75, 3.05) is 0 Å². The standard InChI is InChI=1S/C21H25.C15H19.C3H6.2ClH.Zr/c1-20(2,3)16-7-9-18-14(12-16)11-15-13-17(21(4,5)6)8-10-19(15)18;1-2-4-14(3-1)15-8-11-5-12(9-15)7-13(6-11)10-15;1-3-2;;;/h7-13H,1-6H3;1,3,11-13H,2,5-10H2;1-2H3;2*1H;/q;;;;;+2/p-2. The van der Waals surface area contributed by atoms with Crippen molar-refractivity contribution in [3.63, 3.8) is 0 Å². The van der Waals surface area contributed by atoms with E-state index in [4.69, 9.17) is 0 Å². The molecule has 0 amide bonds. The zero-order valence-electron chi connectivity index (χ0n) is 27.1. The fourth-order valence-electron chi connectivity index (χ4n) is 9.97. The van der Waals surface area contributed by atoms with Crippen molar-refractivity contribution in [3.05, 3.63) is 79.7 Å². The smallest absolute Gasteiger partial charge is 1.00 e. The summed E-state index contributed by atoms with van der Waals surface area (Å²) in [7, 11) is 0. The number of rotatable bonds is 3. The maximum atomic E-state index is 2.67. The Labute approximate surface area is 276 Å². The maximum absolute atomic E-state index is 2.67. The molecule has 6 aliphatic rings. The van der Waals surface area contributed by atoms with E-state index >= 15 is 0 Å². The summed E-state index contributed by atoms with van der Waals surface area (Å²) >= 11 is -2.30. The third kappa shape index (κ3) is 5.28. The molecule has 0 aromatic heterocycles. The number of fused-ring (bicyclic) bond motifs is 3. The summed E-state index contributed by atoms with van der Waals surface area (Å²) < 4.78 is 4.35. The van der Waals surface area contributed by atoms with Gasteiger partial charge >= 0.3 is 253 Å². The van der Waals surface area contributed by atoms with Crippen molar-refractivity contribution >= 4 is 3.21 Å². The first-order valence-corrected chi connectivity index (χ1v) is 20.1. The van der Waals surface area contributed by atoms with Crippen LogP contribution >= 0.6 is 0 Å². The molecule has 0 saturated heterocycles. The monoisotopic (exact) mass is 678 g/mol. The third-order valence-electron chi connectivity index (χ3n) is 11.4. The van der Waals surface area contributed by atoms with E-state index in [2.05, 4.69) is 104 Å². The zero-order chi connectivity index (χ0) is 28.2. The van der Waals surface area contributed by atoms with Crippen LogP contribution in [0.15, 0.2) is 57.4 Å². The molecule has 0 unspecified atom stereocenters. The van der Waals surface area contributed by atoms with Gasteiger partial charge in [0, 0.05) is 0 Å². The van der Waals surface area contributed by atoms with Crippen molar-refractivity contribution in [2.24, 2.45) is 23.2 Å². The minimum Gasteiger partial charge on any atom is -1.00 e. The van der Waals surface area contributed by atoms with Crippen LogP contribution < -0.4 is 24.8 Å². The van der Waals surface area contributed by atoms with Gasteiger partial charge in [-0.1, -0.05) is 0 Å². The molecular formula is C39H50Cl2Zr. The Morgan fingerprint density at radius 1 is 0.714 bits per heavy atom. The van der Waals surface area contributed by atoms with Gasteiger partial charge in [-0.2, -0.15) is 0 Å². The molecule has 0 spiro atoms. The van der Waals surface area contributed by atoms with Gasteiger partial charge in [0.25, 0.3) is 0 Å². The average Bonchev–Trinajstić information content (AvgIpc) is 3.46. The van der Waals surface area contributed by atoms with E-state index < -0.39 is 21.3 Å². The fraction of sp³-hybridized carbons (Fsp3) is 0.564. The second-order valence-electron chi connectivity index (χ2n) is 16.6. The minimum absolute atomic E-state index is 0. The summed E-state index contributed by atoms with van der Waals surface area (Å²) in [5, 5.41) is 0. The molecule has 2 aromatic rings. The second-order valence-corrected chi connectivity index (χ2v) is 24.0. The van der Waals surface area contributed by atoms with Crippen LogP contribution in [0.1, 0.15) is 126 Å². The normalized spacial score (nSPS) is 27.3. The number of benzene rings is 2. The van der Waals surface area contributed by atoms with Crippen LogP contribution in [0.5, 0.6) is 0 Å². The second kappa shape index (κ2) is 11.2. The molecule has 0 nitrogen and oxygen atoms in total. The minimum atomic E-state index is -2.30. The van der Waals surface area contributed by atoms with Crippen molar-refractivity contribution in [1.29, 1.82) is 0 Å². The predicted octanol–water partition coefficient (Wildman–Crippen LogP) is 4.62. The first-order chi connectivity index (χ1) is 18.8. The van der Waals surface area contributed by atoms with Gasteiger partial charge < -0.3 is 24.8 Å². The van der Waals surface area contributed by atoms with Gasteiger partial charge in [-0.25, -0.2) is 0 Å². The Bertz CT molecular complexity index is 1390. The largest absolute Gasteiger partial charge is 1.00 e.